The Hall–Kier alpha value is -0.650. The van der Waals surface area contributed by atoms with E-state index in [0.29, 0.717) is 0 Å². The first-order chi connectivity index (χ1) is 7.65. The largest absolute Gasteiger partial charge is 0.481 e. The van der Waals surface area contributed by atoms with Crippen molar-refractivity contribution in [2.75, 3.05) is 33.5 Å². The number of carbonyl (C=O) groups is 1. The Morgan fingerprint density at radius 1 is 0.938 bits per heavy atom. The Kier molecular flexibility index (Phi) is 30.9. The van der Waals surface area contributed by atoms with Crippen LogP contribution < -0.4 is 0 Å². The van der Waals surface area contributed by atoms with Gasteiger partial charge in [-0.25, -0.2) is 0 Å². The molecule has 5 nitrogen and oxygen atoms in total. The molecule has 0 saturated carbocycles. The first kappa shape index (κ1) is 20.7. The summed E-state index contributed by atoms with van der Waals surface area (Å²) in [4.78, 5) is 9.00. The van der Waals surface area contributed by atoms with Crippen molar-refractivity contribution < 1.29 is 24.5 Å². The van der Waals surface area contributed by atoms with E-state index in [4.69, 9.17) is 24.5 Å². The lowest BCUT2D eigenvalue weighted by molar-refractivity contribution is -0.134. The van der Waals surface area contributed by atoms with Gasteiger partial charge in [-0.3, -0.25) is 4.79 Å². The SMILES string of the molecule is CC(=O)O.CCCOCCOCCC.CO. The molecular weight excluding hydrogens is 212 g/mol. The van der Waals surface area contributed by atoms with Gasteiger partial charge in [0.1, 0.15) is 0 Å². The topological polar surface area (TPSA) is 76.0 Å². The predicted molar refractivity (Wildman–Crippen MR) is 63.7 cm³/mol. The van der Waals surface area contributed by atoms with Crippen molar-refractivity contribution >= 4 is 5.97 Å². The van der Waals surface area contributed by atoms with Crippen LogP contribution in [0.2, 0.25) is 0 Å². The molecule has 0 aromatic rings. The minimum atomic E-state index is -0.833. The van der Waals surface area contributed by atoms with E-state index in [9.17, 15) is 0 Å². The third kappa shape index (κ3) is 50.5. The summed E-state index contributed by atoms with van der Waals surface area (Å²) in [5.74, 6) is -0.833. The van der Waals surface area contributed by atoms with Crippen LogP contribution in [0.25, 0.3) is 0 Å². The van der Waals surface area contributed by atoms with Gasteiger partial charge >= 0.3 is 0 Å². The van der Waals surface area contributed by atoms with E-state index in [1.807, 2.05) is 0 Å². The third-order valence-corrected chi connectivity index (χ3v) is 1.07. The highest BCUT2D eigenvalue weighted by Crippen LogP contribution is 1.83. The standard InChI is InChI=1S/C8H18O2.C2H4O2.CH4O/c1-3-5-9-7-8-10-6-4-2;1-2(3)4;1-2/h3-8H2,1-2H3;1H3,(H,3,4);2H,1H3. The van der Waals surface area contributed by atoms with Gasteiger partial charge in [0.25, 0.3) is 5.97 Å². The molecular formula is C11H26O5. The molecule has 100 valence electrons. The second-order valence-electron chi connectivity index (χ2n) is 2.74. The zero-order valence-corrected chi connectivity index (χ0v) is 10.9. The van der Waals surface area contributed by atoms with Crippen molar-refractivity contribution in [3.8, 4) is 0 Å². The predicted octanol–water partition coefficient (Wildman–Crippen LogP) is 1.54. The summed E-state index contributed by atoms with van der Waals surface area (Å²) in [5.41, 5.74) is 0. The highest BCUT2D eigenvalue weighted by atomic mass is 16.5. The van der Waals surface area contributed by atoms with Gasteiger partial charge in [-0.1, -0.05) is 13.8 Å². The molecule has 0 saturated heterocycles. The van der Waals surface area contributed by atoms with E-state index >= 15 is 0 Å². The Morgan fingerprint density at radius 3 is 1.38 bits per heavy atom. The lowest BCUT2D eigenvalue weighted by Crippen LogP contribution is -2.04. The van der Waals surface area contributed by atoms with E-state index in [1.165, 1.54) is 0 Å². The molecule has 0 spiro atoms. The van der Waals surface area contributed by atoms with Crippen LogP contribution in [0.3, 0.4) is 0 Å². The third-order valence-electron chi connectivity index (χ3n) is 1.07. The quantitative estimate of drug-likeness (QED) is 0.658. The van der Waals surface area contributed by atoms with Gasteiger partial charge in [0, 0.05) is 27.2 Å². The maximum atomic E-state index is 9.00. The molecule has 0 radical (unpaired) electrons. The molecule has 5 heteroatoms. The fourth-order valence-electron chi connectivity index (χ4n) is 0.611. The summed E-state index contributed by atoms with van der Waals surface area (Å²) in [6.07, 6.45) is 2.18. The van der Waals surface area contributed by atoms with Crippen molar-refractivity contribution in [2.45, 2.75) is 33.6 Å². The highest BCUT2D eigenvalue weighted by Gasteiger charge is 1.85. The average molecular weight is 238 g/mol. The van der Waals surface area contributed by atoms with Crippen LogP contribution in [0, 0.1) is 0 Å². The Balaban J connectivity index is -0.000000237. The number of carboxylic acids is 1. The average Bonchev–Trinajstić information content (AvgIpc) is 2.25. The molecule has 0 fully saturated rings. The summed E-state index contributed by atoms with van der Waals surface area (Å²) in [6.45, 7) is 8.49. The summed E-state index contributed by atoms with van der Waals surface area (Å²) in [5, 5.41) is 14.4. The number of ether oxygens (including phenoxy) is 2. The van der Waals surface area contributed by atoms with E-state index in [0.717, 1.165) is 53.3 Å². The lowest BCUT2D eigenvalue weighted by Gasteiger charge is -2.02. The van der Waals surface area contributed by atoms with Crippen LogP contribution in [0.4, 0.5) is 0 Å². The number of rotatable bonds is 7. The van der Waals surface area contributed by atoms with Crippen LogP contribution in [-0.2, 0) is 14.3 Å². The van der Waals surface area contributed by atoms with E-state index in [-0.39, 0.29) is 0 Å². The van der Waals surface area contributed by atoms with Crippen LogP contribution in [0.1, 0.15) is 33.6 Å². The number of aliphatic hydroxyl groups excluding tert-OH is 1. The first-order valence-electron chi connectivity index (χ1n) is 5.44. The van der Waals surface area contributed by atoms with Crippen molar-refractivity contribution in [3.63, 3.8) is 0 Å². The number of hydrogen-bond acceptors (Lipinski definition) is 4. The Labute approximate surface area is 98.4 Å². The molecule has 0 aliphatic heterocycles. The zero-order valence-electron chi connectivity index (χ0n) is 10.9. The van der Waals surface area contributed by atoms with Gasteiger partial charge in [0.2, 0.25) is 0 Å². The molecule has 0 aromatic heterocycles. The van der Waals surface area contributed by atoms with Gasteiger partial charge < -0.3 is 19.7 Å². The van der Waals surface area contributed by atoms with Crippen LogP contribution in [0.5, 0.6) is 0 Å². The molecule has 2 N–H and O–H groups in total. The van der Waals surface area contributed by atoms with E-state index in [2.05, 4.69) is 13.8 Å². The molecule has 0 aliphatic rings. The Bertz CT molecular complexity index is 105. The molecule has 0 rings (SSSR count). The number of aliphatic hydroxyl groups is 1. The smallest absolute Gasteiger partial charge is 0.300 e. The second-order valence-corrected chi connectivity index (χ2v) is 2.74. The molecule has 0 atom stereocenters. The Morgan fingerprint density at radius 2 is 1.19 bits per heavy atom. The van der Waals surface area contributed by atoms with Crippen LogP contribution in [0.15, 0.2) is 0 Å². The fourth-order valence-corrected chi connectivity index (χ4v) is 0.611. The maximum absolute atomic E-state index is 9.00. The van der Waals surface area contributed by atoms with Gasteiger partial charge in [-0.15, -0.1) is 0 Å². The van der Waals surface area contributed by atoms with Crippen molar-refractivity contribution in [1.82, 2.24) is 0 Å². The molecule has 0 aliphatic carbocycles. The lowest BCUT2D eigenvalue weighted by atomic mass is 10.5. The summed E-state index contributed by atoms with van der Waals surface area (Å²) in [7, 11) is 1.00. The molecule has 16 heavy (non-hydrogen) atoms. The van der Waals surface area contributed by atoms with Gasteiger partial charge in [-0.2, -0.15) is 0 Å². The van der Waals surface area contributed by atoms with Crippen LogP contribution >= 0.6 is 0 Å². The number of carboxylic acid groups (broad SMARTS) is 1. The number of hydrogen-bond donors (Lipinski definition) is 2. The summed E-state index contributed by atoms with van der Waals surface area (Å²) in [6, 6.07) is 0. The molecule has 0 aromatic carbocycles. The fraction of sp³-hybridized carbons (Fsp3) is 0.909. The van der Waals surface area contributed by atoms with Crippen molar-refractivity contribution in [3.05, 3.63) is 0 Å². The first-order valence-corrected chi connectivity index (χ1v) is 5.44. The van der Waals surface area contributed by atoms with E-state index < -0.39 is 5.97 Å². The van der Waals surface area contributed by atoms with Gasteiger partial charge in [-0.05, 0) is 12.8 Å². The molecule has 0 amide bonds. The van der Waals surface area contributed by atoms with E-state index in [1.54, 1.807) is 0 Å². The summed E-state index contributed by atoms with van der Waals surface area (Å²) >= 11 is 0. The second kappa shape index (κ2) is 23.9. The van der Waals surface area contributed by atoms with Crippen molar-refractivity contribution in [2.24, 2.45) is 0 Å². The van der Waals surface area contributed by atoms with Crippen molar-refractivity contribution in [1.29, 1.82) is 0 Å². The minimum absolute atomic E-state index is 0.744. The molecule has 0 unspecified atom stereocenters. The van der Waals surface area contributed by atoms with Gasteiger partial charge in [0.05, 0.1) is 13.2 Å². The monoisotopic (exact) mass is 238 g/mol. The maximum Gasteiger partial charge on any atom is 0.300 e. The molecule has 0 bridgehead atoms. The zero-order chi connectivity index (χ0) is 13.2. The normalized spacial score (nSPS) is 8.31. The number of aliphatic carboxylic acids is 1. The highest BCUT2D eigenvalue weighted by molar-refractivity contribution is 5.62. The van der Waals surface area contributed by atoms with Crippen LogP contribution in [-0.4, -0.2) is 49.7 Å². The van der Waals surface area contributed by atoms with Gasteiger partial charge in [0.15, 0.2) is 0 Å². The molecule has 0 heterocycles. The minimum Gasteiger partial charge on any atom is -0.481 e. The summed E-state index contributed by atoms with van der Waals surface area (Å²) < 4.78 is 10.4.